The molecule has 0 saturated heterocycles. The van der Waals surface area contributed by atoms with Crippen LogP contribution in [-0.4, -0.2) is 53.0 Å². The summed E-state index contributed by atoms with van der Waals surface area (Å²) in [6.07, 6.45) is 4.43. The molecule has 2 aliphatic heterocycles. The van der Waals surface area contributed by atoms with Crippen LogP contribution in [0.1, 0.15) is 19.4 Å². The highest BCUT2D eigenvalue weighted by atomic mass is 16.2. The summed E-state index contributed by atoms with van der Waals surface area (Å²) in [6.45, 7) is 7.43. The lowest BCUT2D eigenvalue weighted by atomic mass is 9.85. The number of amides is 1. The summed E-state index contributed by atoms with van der Waals surface area (Å²) < 4.78 is 2.36. The quantitative estimate of drug-likeness (QED) is 0.869. The van der Waals surface area contributed by atoms with E-state index in [2.05, 4.69) is 66.9 Å². The molecule has 2 aromatic rings. The first-order chi connectivity index (χ1) is 11.6. The number of hydrogen-bond acceptors (Lipinski definition) is 2. The predicted octanol–water partition coefficient (Wildman–Crippen LogP) is 2.84. The van der Waals surface area contributed by atoms with Crippen molar-refractivity contribution >= 4 is 22.4 Å². The maximum Gasteiger partial charge on any atom is 0.230 e. The van der Waals surface area contributed by atoms with Crippen molar-refractivity contribution in [1.29, 1.82) is 0 Å². The van der Waals surface area contributed by atoms with E-state index in [-0.39, 0.29) is 11.8 Å². The topological polar surface area (TPSA) is 28.5 Å². The van der Waals surface area contributed by atoms with Crippen LogP contribution in [0, 0.1) is 5.92 Å². The fourth-order valence-electron chi connectivity index (χ4n) is 4.31. The molecule has 0 spiro atoms. The predicted molar refractivity (Wildman–Crippen MR) is 97.8 cm³/mol. The largest absolute Gasteiger partial charge is 0.345 e. The van der Waals surface area contributed by atoms with Crippen molar-refractivity contribution in [2.24, 2.45) is 5.92 Å². The number of likely N-dealkylation sites (N-methyl/N-ethyl adjacent to an activating group) is 1. The Bertz CT molecular complexity index is 815. The van der Waals surface area contributed by atoms with Crippen molar-refractivity contribution in [3.63, 3.8) is 0 Å². The highest BCUT2D eigenvalue weighted by Gasteiger charge is 2.36. The van der Waals surface area contributed by atoms with Crippen LogP contribution in [0.2, 0.25) is 0 Å². The Labute approximate surface area is 143 Å². The van der Waals surface area contributed by atoms with E-state index < -0.39 is 0 Å². The van der Waals surface area contributed by atoms with Gasteiger partial charge in [-0.1, -0.05) is 24.3 Å². The average Bonchev–Trinajstić information content (AvgIpc) is 3.01. The van der Waals surface area contributed by atoms with Crippen molar-refractivity contribution in [2.45, 2.75) is 26.4 Å². The third-order valence-corrected chi connectivity index (χ3v) is 5.62. The molecule has 0 saturated carbocycles. The van der Waals surface area contributed by atoms with Crippen molar-refractivity contribution in [2.75, 3.05) is 26.7 Å². The zero-order valence-electron chi connectivity index (χ0n) is 14.7. The first-order valence-corrected chi connectivity index (χ1v) is 8.93. The molecule has 2 aliphatic rings. The first-order valence-electron chi connectivity index (χ1n) is 8.93. The number of carbonyl (C=O) groups excluding carboxylic acids is 1. The number of fused-ring (bicyclic) bond motifs is 2. The molecule has 0 unspecified atom stereocenters. The molecule has 0 aliphatic carbocycles. The zero-order valence-corrected chi connectivity index (χ0v) is 14.7. The Hall–Kier alpha value is -2.07. The SMILES string of the molecule is CCN(CC)C(=O)[C@@H]1C=C2c3cccc4ccn(c34)C[C@@H]2N(C)C1. The molecule has 4 rings (SSSR count). The smallest absolute Gasteiger partial charge is 0.230 e. The van der Waals surface area contributed by atoms with Gasteiger partial charge < -0.3 is 9.47 Å². The lowest BCUT2D eigenvalue weighted by Crippen LogP contribution is -2.48. The second-order valence-corrected chi connectivity index (χ2v) is 6.91. The molecule has 126 valence electrons. The molecule has 24 heavy (non-hydrogen) atoms. The van der Waals surface area contributed by atoms with Crippen LogP contribution in [0.4, 0.5) is 0 Å². The van der Waals surface area contributed by atoms with E-state index in [1.807, 2.05) is 4.90 Å². The second-order valence-electron chi connectivity index (χ2n) is 6.91. The van der Waals surface area contributed by atoms with Crippen LogP contribution in [0.3, 0.4) is 0 Å². The molecular weight excluding hydrogens is 298 g/mol. The number of para-hydroxylation sites is 1. The van der Waals surface area contributed by atoms with Crippen LogP contribution in [0.5, 0.6) is 0 Å². The molecule has 3 heterocycles. The van der Waals surface area contributed by atoms with Crippen molar-refractivity contribution in [1.82, 2.24) is 14.4 Å². The van der Waals surface area contributed by atoms with E-state index in [1.165, 1.54) is 22.0 Å². The standard InChI is InChI=1S/C20H25N3O/c1-4-22(5-2)20(24)15-11-17-16-8-6-7-14-9-10-23(19(14)16)13-18(17)21(3)12-15/h6-11,15,18H,4-5,12-13H2,1-3H3/t15-,18+/m1/s1. The normalized spacial score (nSPS) is 23.0. The molecule has 1 aromatic heterocycles. The Morgan fingerprint density at radius 2 is 2.00 bits per heavy atom. The monoisotopic (exact) mass is 323 g/mol. The van der Waals surface area contributed by atoms with E-state index in [9.17, 15) is 4.79 Å². The van der Waals surface area contributed by atoms with Gasteiger partial charge in [-0.05, 0) is 32.5 Å². The first kappa shape index (κ1) is 15.5. The summed E-state index contributed by atoms with van der Waals surface area (Å²) in [7, 11) is 2.15. The van der Waals surface area contributed by atoms with E-state index in [0.717, 1.165) is 26.2 Å². The molecule has 0 bridgehead atoms. The molecule has 1 amide bonds. The van der Waals surface area contributed by atoms with Crippen LogP contribution in [-0.2, 0) is 11.3 Å². The summed E-state index contributed by atoms with van der Waals surface area (Å²) in [5.41, 5.74) is 3.92. The van der Waals surface area contributed by atoms with Crippen LogP contribution in [0.25, 0.3) is 16.5 Å². The lowest BCUT2D eigenvalue weighted by Gasteiger charge is -2.41. The van der Waals surface area contributed by atoms with Crippen molar-refractivity contribution < 1.29 is 4.79 Å². The van der Waals surface area contributed by atoms with E-state index in [4.69, 9.17) is 0 Å². The second kappa shape index (κ2) is 5.78. The van der Waals surface area contributed by atoms with Crippen molar-refractivity contribution in [3.05, 3.63) is 42.1 Å². The molecule has 1 aromatic carbocycles. The molecule has 2 atom stereocenters. The number of carbonyl (C=O) groups is 1. The van der Waals surface area contributed by atoms with Gasteiger partial charge in [0.2, 0.25) is 5.91 Å². The van der Waals surface area contributed by atoms with E-state index in [1.54, 1.807) is 0 Å². The number of benzene rings is 1. The third kappa shape index (κ3) is 2.20. The highest BCUT2D eigenvalue weighted by molar-refractivity contribution is 5.96. The van der Waals surface area contributed by atoms with Gasteiger partial charge >= 0.3 is 0 Å². The fraction of sp³-hybridized carbons (Fsp3) is 0.450. The highest BCUT2D eigenvalue weighted by Crippen LogP contribution is 2.38. The Morgan fingerprint density at radius 3 is 2.75 bits per heavy atom. The number of rotatable bonds is 3. The van der Waals surface area contributed by atoms with Gasteiger partial charge in [0.05, 0.1) is 17.5 Å². The third-order valence-electron chi connectivity index (χ3n) is 5.62. The Morgan fingerprint density at radius 1 is 1.21 bits per heavy atom. The molecule has 0 radical (unpaired) electrons. The minimum absolute atomic E-state index is 0.0436. The summed E-state index contributed by atoms with van der Waals surface area (Å²) in [4.78, 5) is 17.2. The molecule has 4 heteroatoms. The number of nitrogens with zero attached hydrogens (tertiary/aromatic N) is 3. The van der Waals surface area contributed by atoms with Crippen LogP contribution < -0.4 is 0 Å². The van der Waals surface area contributed by atoms with E-state index >= 15 is 0 Å². The van der Waals surface area contributed by atoms with Gasteiger partial charge in [-0.25, -0.2) is 0 Å². The maximum absolute atomic E-state index is 12.9. The maximum atomic E-state index is 12.9. The van der Waals surface area contributed by atoms with Gasteiger partial charge in [-0.15, -0.1) is 0 Å². The van der Waals surface area contributed by atoms with E-state index in [0.29, 0.717) is 6.04 Å². The summed E-state index contributed by atoms with van der Waals surface area (Å²) in [5, 5.41) is 1.28. The number of hydrogen-bond donors (Lipinski definition) is 0. The van der Waals surface area contributed by atoms with Gasteiger partial charge in [0, 0.05) is 43.3 Å². The lowest BCUT2D eigenvalue weighted by molar-refractivity contribution is -0.134. The minimum atomic E-state index is -0.0436. The van der Waals surface area contributed by atoms with Crippen LogP contribution >= 0.6 is 0 Å². The minimum Gasteiger partial charge on any atom is -0.345 e. The number of aromatic nitrogens is 1. The summed E-state index contributed by atoms with van der Waals surface area (Å²) >= 11 is 0. The summed E-state index contributed by atoms with van der Waals surface area (Å²) in [5.74, 6) is 0.212. The Kier molecular flexibility index (Phi) is 3.72. The van der Waals surface area contributed by atoms with Gasteiger partial charge in [0.25, 0.3) is 0 Å². The van der Waals surface area contributed by atoms with Crippen molar-refractivity contribution in [3.8, 4) is 0 Å². The molecule has 0 N–H and O–H groups in total. The van der Waals surface area contributed by atoms with Gasteiger partial charge in [-0.2, -0.15) is 0 Å². The molecular formula is C20H25N3O. The van der Waals surface area contributed by atoms with Gasteiger partial charge in [-0.3, -0.25) is 9.69 Å². The van der Waals surface area contributed by atoms with Gasteiger partial charge in [0.1, 0.15) is 0 Å². The summed E-state index contributed by atoms with van der Waals surface area (Å²) in [6, 6.07) is 9.04. The zero-order chi connectivity index (χ0) is 16.8. The van der Waals surface area contributed by atoms with Crippen LogP contribution in [0.15, 0.2) is 36.5 Å². The van der Waals surface area contributed by atoms with Gasteiger partial charge in [0.15, 0.2) is 0 Å². The fourth-order valence-corrected chi connectivity index (χ4v) is 4.31. The molecule has 0 fully saturated rings. The molecule has 4 nitrogen and oxygen atoms in total. The Balaban J connectivity index is 1.80. The average molecular weight is 323 g/mol.